The predicted molar refractivity (Wildman–Crippen MR) is 131 cm³/mol. The molecule has 2 N–H and O–H groups in total. The normalized spacial score (nSPS) is 10.7. The van der Waals surface area contributed by atoms with Crippen molar-refractivity contribution in [3.63, 3.8) is 0 Å². The molecule has 0 aliphatic carbocycles. The largest absolute Gasteiger partial charge is 0.495 e. The summed E-state index contributed by atoms with van der Waals surface area (Å²) in [4.78, 5) is 31.6. The topological polar surface area (TPSA) is 83.7 Å². The van der Waals surface area contributed by atoms with Crippen molar-refractivity contribution in [1.29, 1.82) is 0 Å². The lowest BCUT2D eigenvalue weighted by Gasteiger charge is -2.23. The molecule has 8 heteroatoms. The number of thiophene rings is 1. The van der Waals surface area contributed by atoms with E-state index in [1.54, 1.807) is 35.5 Å². The van der Waals surface area contributed by atoms with Gasteiger partial charge in [-0.25, -0.2) is 4.79 Å². The Bertz CT molecular complexity index is 1300. The molecule has 2 aromatic carbocycles. The molecule has 0 aliphatic heterocycles. The Labute approximate surface area is 195 Å². The maximum absolute atomic E-state index is 13.3. The third-order valence-corrected chi connectivity index (χ3v) is 5.99. The van der Waals surface area contributed by atoms with Crippen molar-refractivity contribution in [2.45, 2.75) is 20.0 Å². The standard InChI is InChI=1S/C25H25N3O4S/c1-3-32-19-10-11-21-17(14-19)13-18(24(29)26-21)15-28(16-20-7-6-12-33-20)25(30)27-22-8-4-5-9-23(22)31-2/h4-14H,3,15-16H2,1-2H3,(H,26,29)(H,27,30). The fourth-order valence-corrected chi connectivity index (χ4v) is 4.26. The number of hydrogen-bond acceptors (Lipinski definition) is 5. The number of para-hydroxylation sites is 2. The second-order valence-corrected chi connectivity index (χ2v) is 8.40. The Morgan fingerprint density at radius 2 is 1.94 bits per heavy atom. The van der Waals surface area contributed by atoms with Crippen molar-refractivity contribution in [2.75, 3.05) is 19.0 Å². The van der Waals surface area contributed by atoms with Crippen LogP contribution in [0, 0.1) is 0 Å². The van der Waals surface area contributed by atoms with Crippen LogP contribution in [0.4, 0.5) is 10.5 Å². The smallest absolute Gasteiger partial charge is 0.322 e. The van der Waals surface area contributed by atoms with E-state index >= 15 is 0 Å². The van der Waals surface area contributed by atoms with E-state index in [1.807, 2.05) is 60.8 Å². The van der Waals surface area contributed by atoms with Crippen molar-refractivity contribution in [2.24, 2.45) is 0 Å². The van der Waals surface area contributed by atoms with E-state index in [2.05, 4.69) is 10.3 Å². The summed E-state index contributed by atoms with van der Waals surface area (Å²) in [5.74, 6) is 1.29. The van der Waals surface area contributed by atoms with Crippen LogP contribution in [0.25, 0.3) is 10.9 Å². The SMILES string of the molecule is CCOc1ccc2[nH]c(=O)c(CN(Cc3cccs3)C(=O)Nc3ccccc3OC)cc2c1. The zero-order valence-corrected chi connectivity index (χ0v) is 19.3. The summed E-state index contributed by atoms with van der Waals surface area (Å²) < 4.78 is 10.9. The third kappa shape index (κ3) is 5.35. The van der Waals surface area contributed by atoms with Gasteiger partial charge in [0.15, 0.2) is 0 Å². The number of ether oxygens (including phenoxy) is 2. The average molecular weight is 464 g/mol. The summed E-state index contributed by atoms with van der Waals surface area (Å²) >= 11 is 1.56. The van der Waals surface area contributed by atoms with Crippen LogP contribution in [0.5, 0.6) is 11.5 Å². The predicted octanol–water partition coefficient (Wildman–Crippen LogP) is 5.23. The summed E-state index contributed by atoms with van der Waals surface area (Å²) in [6, 6.07) is 18.1. The quantitative estimate of drug-likeness (QED) is 0.375. The molecule has 0 saturated carbocycles. The molecule has 4 rings (SSSR count). The van der Waals surface area contributed by atoms with Crippen LogP contribution in [-0.4, -0.2) is 29.6 Å². The van der Waals surface area contributed by atoms with Crippen LogP contribution >= 0.6 is 11.3 Å². The molecular formula is C25H25N3O4S. The molecule has 2 aromatic heterocycles. The number of H-pyrrole nitrogens is 1. The summed E-state index contributed by atoms with van der Waals surface area (Å²) in [7, 11) is 1.56. The highest BCUT2D eigenvalue weighted by Crippen LogP contribution is 2.25. The van der Waals surface area contributed by atoms with Crippen LogP contribution in [0.1, 0.15) is 17.4 Å². The maximum atomic E-state index is 13.3. The third-order valence-electron chi connectivity index (χ3n) is 5.13. The zero-order valence-electron chi connectivity index (χ0n) is 18.5. The van der Waals surface area contributed by atoms with Gasteiger partial charge in [0.05, 0.1) is 32.5 Å². The number of hydrogen-bond donors (Lipinski definition) is 2. The summed E-state index contributed by atoms with van der Waals surface area (Å²) in [5, 5.41) is 5.72. The van der Waals surface area contributed by atoms with Gasteiger partial charge in [0.1, 0.15) is 11.5 Å². The van der Waals surface area contributed by atoms with Gasteiger partial charge in [-0.05, 0) is 54.8 Å². The molecule has 170 valence electrons. The van der Waals surface area contributed by atoms with Crippen LogP contribution in [0.3, 0.4) is 0 Å². The minimum Gasteiger partial charge on any atom is -0.495 e. The van der Waals surface area contributed by atoms with Crippen molar-refractivity contribution in [3.8, 4) is 11.5 Å². The highest BCUT2D eigenvalue weighted by atomic mass is 32.1. The van der Waals surface area contributed by atoms with Crippen molar-refractivity contribution >= 4 is 34.0 Å². The van der Waals surface area contributed by atoms with E-state index in [-0.39, 0.29) is 18.1 Å². The molecule has 0 spiro atoms. The molecule has 2 heterocycles. The highest BCUT2D eigenvalue weighted by Gasteiger charge is 2.19. The average Bonchev–Trinajstić information content (AvgIpc) is 3.33. The number of methoxy groups -OCH3 is 1. The number of urea groups is 1. The number of rotatable bonds is 8. The minimum absolute atomic E-state index is 0.142. The molecule has 0 radical (unpaired) electrons. The molecule has 2 amide bonds. The van der Waals surface area contributed by atoms with E-state index in [1.165, 1.54) is 0 Å². The Morgan fingerprint density at radius 1 is 1.09 bits per heavy atom. The van der Waals surface area contributed by atoms with Gasteiger partial charge in [0.25, 0.3) is 5.56 Å². The van der Waals surface area contributed by atoms with Crippen LogP contribution in [-0.2, 0) is 13.1 Å². The zero-order chi connectivity index (χ0) is 23.2. The molecule has 0 bridgehead atoms. The number of nitrogens with zero attached hydrogens (tertiary/aromatic N) is 1. The number of pyridine rings is 1. The number of carbonyl (C=O) groups excluding carboxylic acids is 1. The second-order valence-electron chi connectivity index (χ2n) is 7.37. The van der Waals surface area contributed by atoms with Gasteiger partial charge >= 0.3 is 6.03 Å². The minimum atomic E-state index is -0.324. The van der Waals surface area contributed by atoms with Gasteiger partial charge in [-0.2, -0.15) is 0 Å². The number of aromatic nitrogens is 1. The first-order chi connectivity index (χ1) is 16.1. The lowest BCUT2D eigenvalue weighted by molar-refractivity contribution is 0.206. The summed E-state index contributed by atoms with van der Waals surface area (Å²) in [6.07, 6.45) is 0. The van der Waals surface area contributed by atoms with Crippen molar-refractivity contribution in [3.05, 3.63) is 86.8 Å². The molecule has 7 nitrogen and oxygen atoms in total. The Hall–Kier alpha value is -3.78. The van der Waals surface area contributed by atoms with Gasteiger partial charge in [-0.3, -0.25) is 4.79 Å². The van der Waals surface area contributed by atoms with E-state index in [0.717, 1.165) is 21.5 Å². The van der Waals surface area contributed by atoms with E-state index in [0.29, 0.717) is 30.2 Å². The number of carbonyl (C=O) groups is 1. The first-order valence-electron chi connectivity index (χ1n) is 10.6. The summed E-state index contributed by atoms with van der Waals surface area (Å²) in [5.41, 5.74) is 1.54. The molecule has 0 atom stereocenters. The number of aromatic amines is 1. The number of nitrogens with one attached hydrogen (secondary N) is 2. The summed E-state index contributed by atoms with van der Waals surface area (Å²) in [6.45, 7) is 2.99. The lowest BCUT2D eigenvalue weighted by Crippen LogP contribution is -2.35. The molecule has 33 heavy (non-hydrogen) atoms. The molecular weight excluding hydrogens is 438 g/mol. The first-order valence-corrected chi connectivity index (χ1v) is 11.5. The molecule has 0 saturated heterocycles. The monoisotopic (exact) mass is 463 g/mol. The lowest BCUT2D eigenvalue weighted by atomic mass is 10.1. The number of benzene rings is 2. The van der Waals surface area contributed by atoms with Gasteiger partial charge in [-0.15, -0.1) is 11.3 Å². The van der Waals surface area contributed by atoms with Gasteiger partial charge in [0.2, 0.25) is 0 Å². The van der Waals surface area contributed by atoms with Gasteiger partial charge in [-0.1, -0.05) is 18.2 Å². The van der Waals surface area contributed by atoms with E-state index < -0.39 is 0 Å². The number of fused-ring (bicyclic) bond motifs is 1. The first kappa shape index (κ1) is 22.4. The highest BCUT2D eigenvalue weighted by molar-refractivity contribution is 7.09. The molecule has 4 aromatic rings. The molecule has 0 aliphatic rings. The fourth-order valence-electron chi connectivity index (χ4n) is 3.54. The molecule has 0 unspecified atom stereocenters. The second kappa shape index (κ2) is 10.2. The van der Waals surface area contributed by atoms with Crippen molar-refractivity contribution < 1.29 is 14.3 Å². The van der Waals surface area contributed by atoms with Crippen LogP contribution in [0.15, 0.2) is 70.8 Å². The van der Waals surface area contributed by atoms with E-state index in [9.17, 15) is 9.59 Å². The number of anilines is 1. The Kier molecular flexibility index (Phi) is 6.95. The van der Waals surface area contributed by atoms with E-state index in [4.69, 9.17) is 9.47 Å². The molecule has 0 fully saturated rings. The van der Waals surface area contributed by atoms with Crippen LogP contribution < -0.4 is 20.3 Å². The number of amides is 2. The van der Waals surface area contributed by atoms with Gasteiger partial charge in [0, 0.05) is 21.3 Å². The van der Waals surface area contributed by atoms with Crippen molar-refractivity contribution in [1.82, 2.24) is 9.88 Å². The maximum Gasteiger partial charge on any atom is 0.322 e. The Morgan fingerprint density at radius 3 is 2.70 bits per heavy atom. The Balaban J connectivity index is 1.64. The van der Waals surface area contributed by atoms with Gasteiger partial charge < -0.3 is 24.7 Å². The van der Waals surface area contributed by atoms with Crippen LogP contribution in [0.2, 0.25) is 0 Å². The fraction of sp³-hybridized carbons (Fsp3) is 0.200.